The highest BCUT2D eigenvalue weighted by Crippen LogP contribution is 2.37. The normalized spacial score (nSPS) is 12.5. The summed E-state index contributed by atoms with van der Waals surface area (Å²) < 4.78 is 7.21. The standard InChI is InChI=1S/C19H16N2O3S/c22-17-15-10-14-8-4-5-9-16(14)25-18(15)21(19(23)20-17)12-24-11-13-6-2-1-3-7-13/h1-9H,10-12H2,(H,20,22,23). The summed E-state index contributed by atoms with van der Waals surface area (Å²) in [5, 5.41) is 0.667. The van der Waals surface area contributed by atoms with Crippen LogP contribution >= 0.6 is 11.8 Å². The van der Waals surface area contributed by atoms with Crippen molar-refractivity contribution in [1.29, 1.82) is 0 Å². The highest BCUT2D eigenvalue weighted by molar-refractivity contribution is 7.99. The summed E-state index contributed by atoms with van der Waals surface area (Å²) >= 11 is 1.45. The molecule has 0 radical (unpaired) electrons. The number of hydrogen-bond acceptors (Lipinski definition) is 4. The molecule has 126 valence electrons. The molecule has 2 aromatic carbocycles. The zero-order valence-electron chi connectivity index (χ0n) is 13.4. The molecule has 1 N–H and O–H groups in total. The van der Waals surface area contributed by atoms with Gasteiger partial charge in [0.2, 0.25) is 0 Å². The third kappa shape index (κ3) is 3.18. The average Bonchev–Trinajstić information content (AvgIpc) is 2.64. The predicted molar refractivity (Wildman–Crippen MR) is 95.9 cm³/mol. The third-order valence-corrected chi connectivity index (χ3v) is 5.40. The molecule has 0 unspecified atom stereocenters. The number of ether oxygens (including phenoxy) is 1. The largest absolute Gasteiger partial charge is 0.356 e. The van der Waals surface area contributed by atoms with E-state index in [0.29, 0.717) is 23.6 Å². The van der Waals surface area contributed by atoms with E-state index in [2.05, 4.69) is 4.98 Å². The first kappa shape index (κ1) is 15.9. The number of aromatic amines is 1. The van der Waals surface area contributed by atoms with Crippen molar-refractivity contribution in [1.82, 2.24) is 9.55 Å². The minimum Gasteiger partial charge on any atom is -0.356 e. The van der Waals surface area contributed by atoms with Crippen molar-refractivity contribution in [3.05, 3.63) is 92.1 Å². The van der Waals surface area contributed by atoms with Crippen LogP contribution in [0.4, 0.5) is 0 Å². The summed E-state index contributed by atoms with van der Waals surface area (Å²) in [6.07, 6.45) is 0.521. The van der Waals surface area contributed by atoms with Crippen LogP contribution in [0.3, 0.4) is 0 Å². The van der Waals surface area contributed by atoms with Gasteiger partial charge in [0.05, 0.1) is 17.2 Å². The van der Waals surface area contributed by atoms with Gasteiger partial charge in [0, 0.05) is 11.3 Å². The van der Waals surface area contributed by atoms with E-state index in [0.717, 1.165) is 16.0 Å². The fourth-order valence-corrected chi connectivity index (χ4v) is 4.02. The third-order valence-electron chi connectivity index (χ3n) is 4.12. The number of rotatable bonds is 4. The van der Waals surface area contributed by atoms with E-state index in [1.807, 2.05) is 54.6 Å². The van der Waals surface area contributed by atoms with E-state index in [9.17, 15) is 9.59 Å². The van der Waals surface area contributed by atoms with Gasteiger partial charge in [-0.15, -0.1) is 0 Å². The zero-order valence-corrected chi connectivity index (χ0v) is 14.2. The highest BCUT2D eigenvalue weighted by atomic mass is 32.2. The maximum absolute atomic E-state index is 12.3. The number of hydrogen-bond donors (Lipinski definition) is 1. The Bertz CT molecular complexity index is 1020. The molecule has 0 bridgehead atoms. The lowest BCUT2D eigenvalue weighted by Gasteiger charge is -2.21. The molecule has 6 heteroatoms. The Morgan fingerprint density at radius 2 is 1.80 bits per heavy atom. The SMILES string of the molecule is O=c1[nH]c(=O)n(COCc2ccccc2)c2c1Cc1ccccc1S2. The van der Waals surface area contributed by atoms with Gasteiger partial charge in [-0.3, -0.25) is 14.3 Å². The molecule has 4 rings (SSSR count). The molecule has 0 amide bonds. The molecule has 5 nitrogen and oxygen atoms in total. The fourth-order valence-electron chi connectivity index (χ4n) is 2.86. The summed E-state index contributed by atoms with van der Waals surface area (Å²) in [5.74, 6) is 0. The van der Waals surface area contributed by atoms with Crippen LogP contribution in [0.25, 0.3) is 0 Å². The van der Waals surface area contributed by atoms with Crippen molar-refractivity contribution < 1.29 is 4.74 Å². The lowest BCUT2D eigenvalue weighted by atomic mass is 10.1. The topological polar surface area (TPSA) is 64.1 Å². The second kappa shape index (κ2) is 6.74. The number of benzene rings is 2. The molecule has 0 aliphatic carbocycles. The molecule has 1 aromatic heterocycles. The monoisotopic (exact) mass is 352 g/mol. The van der Waals surface area contributed by atoms with Crippen LogP contribution in [0, 0.1) is 0 Å². The maximum Gasteiger partial charge on any atom is 0.331 e. The first-order chi connectivity index (χ1) is 12.2. The minimum absolute atomic E-state index is 0.0992. The summed E-state index contributed by atoms with van der Waals surface area (Å²) in [6, 6.07) is 17.7. The summed E-state index contributed by atoms with van der Waals surface area (Å²) in [5.41, 5.74) is 1.99. The molecule has 1 aliphatic heterocycles. The number of H-pyrrole nitrogens is 1. The van der Waals surface area contributed by atoms with Gasteiger partial charge < -0.3 is 4.74 Å². The molecule has 25 heavy (non-hydrogen) atoms. The van der Waals surface area contributed by atoms with Crippen LogP contribution in [0.15, 0.2) is 74.1 Å². The molecule has 0 atom stereocenters. The maximum atomic E-state index is 12.3. The lowest BCUT2D eigenvalue weighted by molar-refractivity contribution is 0.0550. The molecule has 0 saturated carbocycles. The van der Waals surface area contributed by atoms with E-state index < -0.39 is 5.69 Å². The summed E-state index contributed by atoms with van der Waals surface area (Å²) in [7, 11) is 0. The molecular formula is C19H16N2O3S. The molecule has 2 heterocycles. The van der Waals surface area contributed by atoms with Gasteiger partial charge >= 0.3 is 5.69 Å². The van der Waals surface area contributed by atoms with Crippen molar-refractivity contribution in [2.24, 2.45) is 0 Å². The summed E-state index contributed by atoms with van der Waals surface area (Å²) in [6.45, 7) is 0.504. The Morgan fingerprint density at radius 1 is 1.04 bits per heavy atom. The van der Waals surface area contributed by atoms with Crippen LogP contribution in [0.5, 0.6) is 0 Å². The number of nitrogens with one attached hydrogen (secondary N) is 1. The van der Waals surface area contributed by atoms with Crippen LogP contribution < -0.4 is 11.2 Å². The first-order valence-corrected chi connectivity index (χ1v) is 8.77. The van der Waals surface area contributed by atoms with Gasteiger partial charge in [-0.2, -0.15) is 0 Å². The van der Waals surface area contributed by atoms with E-state index in [-0.39, 0.29) is 12.3 Å². The van der Waals surface area contributed by atoms with Gasteiger partial charge in [-0.25, -0.2) is 4.79 Å². The van der Waals surface area contributed by atoms with Gasteiger partial charge in [0.1, 0.15) is 6.73 Å². The van der Waals surface area contributed by atoms with E-state index >= 15 is 0 Å². The molecule has 0 fully saturated rings. The second-order valence-corrected chi connectivity index (χ2v) is 6.85. The van der Waals surface area contributed by atoms with Crippen molar-refractivity contribution in [2.45, 2.75) is 29.7 Å². The Labute approximate surface area is 148 Å². The molecule has 3 aromatic rings. The van der Waals surface area contributed by atoms with Crippen molar-refractivity contribution in [3.8, 4) is 0 Å². The lowest BCUT2D eigenvalue weighted by Crippen LogP contribution is -2.35. The van der Waals surface area contributed by atoms with Crippen molar-refractivity contribution in [2.75, 3.05) is 0 Å². The molecule has 0 saturated heterocycles. The zero-order chi connectivity index (χ0) is 17.2. The predicted octanol–water partition coefficient (Wildman–Crippen LogP) is 2.77. The Hall–Kier alpha value is -2.57. The second-order valence-electron chi connectivity index (χ2n) is 5.82. The van der Waals surface area contributed by atoms with Gasteiger partial charge in [0.15, 0.2) is 0 Å². The highest BCUT2D eigenvalue weighted by Gasteiger charge is 2.22. The molecular weight excluding hydrogens is 336 g/mol. The Morgan fingerprint density at radius 3 is 2.64 bits per heavy atom. The Kier molecular flexibility index (Phi) is 4.29. The molecule has 1 aliphatic rings. The van der Waals surface area contributed by atoms with E-state index in [1.54, 1.807) is 0 Å². The van der Waals surface area contributed by atoms with Crippen LogP contribution in [-0.2, 0) is 24.5 Å². The smallest absolute Gasteiger partial charge is 0.331 e. The number of nitrogens with zero attached hydrogens (tertiary/aromatic N) is 1. The van der Waals surface area contributed by atoms with Crippen molar-refractivity contribution in [3.63, 3.8) is 0 Å². The van der Waals surface area contributed by atoms with E-state index in [4.69, 9.17) is 4.74 Å². The summed E-state index contributed by atoms with van der Waals surface area (Å²) in [4.78, 5) is 28.0. The van der Waals surface area contributed by atoms with Gasteiger partial charge in [0.25, 0.3) is 5.56 Å². The Balaban J connectivity index is 1.63. The van der Waals surface area contributed by atoms with E-state index in [1.165, 1.54) is 16.3 Å². The van der Waals surface area contributed by atoms with Crippen LogP contribution in [-0.4, -0.2) is 9.55 Å². The first-order valence-electron chi connectivity index (χ1n) is 7.96. The van der Waals surface area contributed by atoms with Gasteiger partial charge in [-0.1, -0.05) is 60.3 Å². The van der Waals surface area contributed by atoms with Crippen LogP contribution in [0.2, 0.25) is 0 Å². The average molecular weight is 352 g/mol. The number of fused-ring (bicyclic) bond motifs is 2. The van der Waals surface area contributed by atoms with Crippen molar-refractivity contribution >= 4 is 11.8 Å². The minimum atomic E-state index is -0.441. The fraction of sp³-hybridized carbons (Fsp3) is 0.158. The number of aromatic nitrogens is 2. The van der Waals surface area contributed by atoms with Gasteiger partial charge in [-0.05, 0) is 17.2 Å². The molecule has 0 spiro atoms. The quantitative estimate of drug-likeness (QED) is 0.574. The van der Waals surface area contributed by atoms with Crippen LogP contribution in [0.1, 0.15) is 16.7 Å².